The van der Waals surface area contributed by atoms with Gasteiger partial charge < -0.3 is 13.9 Å². The Morgan fingerprint density at radius 1 is 0.375 bits per heavy atom. The number of hydrogen-bond acceptors (Lipinski definition) is 2. The van der Waals surface area contributed by atoms with Crippen LogP contribution >= 0.6 is 0 Å². The third-order valence-corrected chi connectivity index (χ3v) is 14.0. The first-order valence-electron chi connectivity index (χ1n) is 22.1. The van der Waals surface area contributed by atoms with Gasteiger partial charge >= 0.3 is 0 Å². The number of fused-ring (bicyclic) bond motifs is 16. The number of nitrogens with zero attached hydrogens (tertiary/aromatic N) is 2. The zero-order valence-corrected chi connectivity index (χ0v) is 34.7. The number of anilines is 3. The Hall–Kier alpha value is -8.40. The fourth-order valence-electron chi connectivity index (χ4n) is 11.4. The Balaban J connectivity index is 1.10. The molecule has 0 unspecified atom stereocenters. The molecule has 12 aromatic rings. The Kier molecular flexibility index (Phi) is 7.32. The van der Waals surface area contributed by atoms with E-state index in [1.807, 2.05) is 6.07 Å². The van der Waals surface area contributed by atoms with Crippen LogP contribution in [0.4, 0.5) is 17.1 Å². The second-order valence-electron chi connectivity index (χ2n) is 17.1. The molecular formula is C61H38N2O. The van der Waals surface area contributed by atoms with Crippen LogP contribution in [0, 0.1) is 0 Å². The summed E-state index contributed by atoms with van der Waals surface area (Å²) in [6, 6.07) is 84.6. The first-order chi connectivity index (χ1) is 31.8. The second-order valence-corrected chi connectivity index (χ2v) is 17.1. The maximum Gasteiger partial charge on any atom is 0.137 e. The molecule has 2 heterocycles. The molecule has 0 aliphatic heterocycles. The molecule has 2 aromatic heterocycles. The van der Waals surface area contributed by atoms with Gasteiger partial charge in [0, 0.05) is 44.5 Å². The van der Waals surface area contributed by atoms with Crippen molar-refractivity contribution in [2.75, 3.05) is 4.90 Å². The van der Waals surface area contributed by atoms with Gasteiger partial charge in [-0.05, 0) is 98.6 Å². The van der Waals surface area contributed by atoms with E-state index in [2.05, 4.69) is 234 Å². The van der Waals surface area contributed by atoms with Crippen LogP contribution in [0.25, 0.3) is 82.8 Å². The van der Waals surface area contributed by atoms with Gasteiger partial charge in [0.1, 0.15) is 11.2 Å². The van der Waals surface area contributed by atoms with Crippen molar-refractivity contribution < 1.29 is 4.42 Å². The molecular weight excluding hydrogens is 777 g/mol. The lowest BCUT2D eigenvalue weighted by molar-refractivity contribution is 0.669. The van der Waals surface area contributed by atoms with Crippen LogP contribution in [0.2, 0.25) is 0 Å². The predicted octanol–water partition coefficient (Wildman–Crippen LogP) is 16.2. The number of aromatic nitrogens is 1. The maximum absolute atomic E-state index is 6.57. The molecule has 0 amide bonds. The molecule has 0 saturated heterocycles. The van der Waals surface area contributed by atoms with Crippen molar-refractivity contribution in [3.05, 3.63) is 253 Å². The van der Waals surface area contributed by atoms with E-state index in [4.69, 9.17) is 4.42 Å². The average molecular weight is 815 g/mol. The largest absolute Gasteiger partial charge is 0.456 e. The van der Waals surface area contributed by atoms with E-state index in [0.29, 0.717) is 0 Å². The molecule has 0 N–H and O–H groups in total. The maximum atomic E-state index is 6.57. The van der Waals surface area contributed by atoms with Crippen LogP contribution in [0.5, 0.6) is 0 Å². The molecule has 2 aliphatic rings. The van der Waals surface area contributed by atoms with Crippen molar-refractivity contribution in [1.82, 2.24) is 4.57 Å². The van der Waals surface area contributed by atoms with E-state index < -0.39 is 5.41 Å². The lowest BCUT2D eigenvalue weighted by Crippen LogP contribution is -2.26. The van der Waals surface area contributed by atoms with E-state index in [9.17, 15) is 0 Å². The number of rotatable bonds is 5. The highest BCUT2D eigenvalue weighted by Gasteiger charge is 2.52. The summed E-state index contributed by atoms with van der Waals surface area (Å²) in [7, 11) is 0. The minimum atomic E-state index is -0.472. The van der Waals surface area contributed by atoms with E-state index in [1.165, 1.54) is 66.4 Å². The molecule has 3 nitrogen and oxygen atoms in total. The van der Waals surface area contributed by atoms with Gasteiger partial charge in [0.25, 0.3) is 0 Å². The number of furan rings is 1. The molecule has 0 bridgehead atoms. The first-order valence-corrected chi connectivity index (χ1v) is 22.1. The molecule has 1 spiro atoms. The molecule has 0 atom stereocenters. The topological polar surface area (TPSA) is 21.3 Å². The SMILES string of the molecule is c1ccc(-c2ccc(N(c3cccc4c3-c3ccccc3C43c4ccccc4-c4ccccc43)c3cccc4c5cc6c(cc5n(-c5ccccc5)c34)oc3ccccc36)cc2)cc1. The lowest BCUT2D eigenvalue weighted by atomic mass is 9.70. The van der Waals surface area contributed by atoms with Gasteiger partial charge in [-0.1, -0.05) is 176 Å². The van der Waals surface area contributed by atoms with Gasteiger partial charge in [0.2, 0.25) is 0 Å². The summed E-state index contributed by atoms with van der Waals surface area (Å²) in [6.45, 7) is 0. The molecule has 3 heteroatoms. The lowest BCUT2D eigenvalue weighted by Gasteiger charge is -2.32. The van der Waals surface area contributed by atoms with Gasteiger partial charge in [-0.2, -0.15) is 0 Å². The first kappa shape index (κ1) is 35.2. The van der Waals surface area contributed by atoms with Crippen LogP contribution in [-0.2, 0) is 5.41 Å². The molecule has 10 aromatic carbocycles. The van der Waals surface area contributed by atoms with Gasteiger partial charge in [-0.15, -0.1) is 0 Å². The zero-order chi connectivity index (χ0) is 41.9. The Labute approximate surface area is 370 Å². The van der Waals surface area contributed by atoms with E-state index >= 15 is 0 Å². The summed E-state index contributed by atoms with van der Waals surface area (Å²) in [4.78, 5) is 2.52. The van der Waals surface area contributed by atoms with Crippen LogP contribution in [0.1, 0.15) is 22.3 Å². The number of hydrogen-bond donors (Lipinski definition) is 0. The van der Waals surface area contributed by atoms with Crippen molar-refractivity contribution in [3.63, 3.8) is 0 Å². The van der Waals surface area contributed by atoms with Crippen molar-refractivity contribution in [3.8, 4) is 39.1 Å². The fraction of sp³-hybridized carbons (Fsp3) is 0.0164. The van der Waals surface area contributed by atoms with E-state index in [1.54, 1.807) is 0 Å². The van der Waals surface area contributed by atoms with Crippen molar-refractivity contribution in [1.29, 1.82) is 0 Å². The number of para-hydroxylation sites is 3. The highest BCUT2D eigenvalue weighted by atomic mass is 16.3. The summed E-state index contributed by atoms with van der Waals surface area (Å²) in [5.74, 6) is 0. The molecule has 0 fully saturated rings. The minimum Gasteiger partial charge on any atom is -0.456 e. The van der Waals surface area contributed by atoms with Gasteiger partial charge in [0.15, 0.2) is 0 Å². The second kappa shape index (κ2) is 13.3. The molecule has 14 rings (SSSR count). The molecule has 298 valence electrons. The van der Waals surface area contributed by atoms with Crippen molar-refractivity contribution in [2.45, 2.75) is 5.41 Å². The van der Waals surface area contributed by atoms with Crippen LogP contribution in [0.3, 0.4) is 0 Å². The third kappa shape index (κ3) is 4.70. The Bertz CT molecular complexity index is 3790. The smallest absolute Gasteiger partial charge is 0.137 e. The highest BCUT2D eigenvalue weighted by molar-refractivity contribution is 6.20. The molecule has 0 radical (unpaired) electrons. The third-order valence-electron chi connectivity index (χ3n) is 14.0. The highest BCUT2D eigenvalue weighted by Crippen LogP contribution is 2.65. The van der Waals surface area contributed by atoms with Crippen LogP contribution in [0.15, 0.2) is 235 Å². The Morgan fingerprint density at radius 3 is 1.69 bits per heavy atom. The normalized spacial score (nSPS) is 13.1. The fourth-order valence-corrected chi connectivity index (χ4v) is 11.4. The van der Waals surface area contributed by atoms with Gasteiger partial charge in [-0.3, -0.25) is 0 Å². The van der Waals surface area contributed by atoms with Gasteiger partial charge in [-0.25, -0.2) is 0 Å². The molecule has 0 saturated carbocycles. The standard InChI is InChI=1S/C61H38N2O/c1-3-17-39(18-4-1)40-33-35-42(36-34-40)62(54-30-16-29-53-59(54)47-24-9-13-28-52(47)61(53)50-26-11-7-21-43(50)44-22-8-12-27-51(44)61)55-31-15-25-46-48-37-49-45-23-10-14-32-57(45)64-58(49)38-56(48)63(60(46)55)41-19-5-2-6-20-41/h1-38H. The summed E-state index contributed by atoms with van der Waals surface area (Å²) in [6.07, 6.45) is 0. The van der Waals surface area contributed by atoms with Crippen LogP contribution in [-0.4, -0.2) is 4.57 Å². The van der Waals surface area contributed by atoms with Gasteiger partial charge in [0.05, 0.1) is 27.8 Å². The van der Waals surface area contributed by atoms with Crippen LogP contribution < -0.4 is 4.90 Å². The molecule has 64 heavy (non-hydrogen) atoms. The zero-order valence-electron chi connectivity index (χ0n) is 34.7. The monoisotopic (exact) mass is 814 g/mol. The quantitative estimate of drug-likeness (QED) is 0.173. The van der Waals surface area contributed by atoms with E-state index in [0.717, 1.165) is 55.7 Å². The predicted molar refractivity (Wildman–Crippen MR) is 264 cm³/mol. The summed E-state index contributed by atoms with van der Waals surface area (Å²) >= 11 is 0. The summed E-state index contributed by atoms with van der Waals surface area (Å²) in [5.41, 5.74) is 20.7. The Morgan fingerprint density at radius 2 is 0.938 bits per heavy atom. The van der Waals surface area contributed by atoms with Crippen molar-refractivity contribution in [2.24, 2.45) is 0 Å². The van der Waals surface area contributed by atoms with E-state index in [-0.39, 0.29) is 0 Å². The summed E-state index contributed by atoms with van der Waals surface area (Å²) < 4.78 is 9.01. The summed E-state index contributed by atoms with van der Waals surface area (Å²) in [5, 5.41) is 4.60. The minimum absolute atomic E-state index is 0.472. The van der Waals surface area contributed by atoms with Crippen molar-refractivity contribution >= 4 is 60.8 Å². The number of benzene rings is 10. The molecule has 2 aliphatic carbocycles. The average Bonchev–Trinajstić information content (AvgIpc) is 4.08.